The third kappa shape index (κ3) is 11.5. The van der Waals surface area contributed by atoms with Gasteiger partial charge in [-0.3, -0.25) is 4.99 Å². The van der Waals surface area contributed by atoms with Crippen LogP contribution in [0.25, 0.3) is 0 Å². The van der Waals surface area contributed by atoms with Gasteiger partial charge in [0.25, 0.3) is 0 Å². The highest BCUT2D eigenvalue weighted by molar-refractivity contribution is 5.79. The number of rotatable bonds is 10. The van der Waals surface area contributed by atoms with Crippen LogP contribution in [0.3, 0.4) is 0 Å². The van der Waals surface area contributed by atoms with Crippen LogP contribution in [0.4, 0.5) is 0 Å². The molecule has 0 aromatic heterocycles. The van der Waals surface area contributed by atoms with Crippen LogP contribution in [0, 0.1) is 0 Å². The maximum absolute atomic E-state index is 5.00. The van der Waals surface area contributed by atoms with Crippen LogP contribution in [0.15, 0.2) is 4.99 Å². The Labute approximate surface area is 105 Å². The number of nitrogens with zero attached hydrogens (tertiary/aromatic N) is 1. The van der Waals surface area contributed by atoms with Crippen LogP contribution in [0.5, 0.6) is 0 Å². The van der Waals surface area contributed by atoms with E-state index in [4.69, 9.17) is 9.47 Å². The summed E-state index contributed by atoms with van der Waals surface area (Å²) in [5, 5.41) is 6.57. The van der Waals surface area contributed by atoms with Crippen molar-refractivity contribution in [1.29, 1.82) is 0 Å². The molecule has 0 fully saturated rings. The molecule has 17 heavy (non-hydrogen) atoms. The van der Waals surface area contributed by atoms with Crippen molar-refractivity contribution in [2.75, 3.05) is 47.1 Å². The molecule has 0 saturated heterocycles. The van der Waals surface area contributed by atoms with E-state index in [0.29, 0.717) is 0 Å². The molecule has 0 bridgehead atoms. The Morgan fingerprint density at radius 1 is 1.00 bits per heavy atom. The predicted molar refractivity (Wildman–Crippen MR) is 71.6 cm³/mol. The molecule has 0 amide bonds. The number of hydrogen-bond acceptors (Lipinski definition) is 3. The fourth-order valence-electron chi connectivity index (χ4n) is 1.24. The first-order valence-corrected chi connectivity index (χ1v) is 6.35. The van der Waals surface area contributed by atoms with Gasteiger partial charge in [-0.2, -0.15) is 0 Å². The molecule has 0 aromatic rings. The minimum atomic E-state index is 0.776. The SMILES string of the molecule is CCCN=C(NCCCOC)NCCCOC. The second kappa shape index (κ2) is 13.3. The first-order chi connectivity index (χ1) is 8.35. The highest BCUT2D eigenvalue weighted by Gasteiger charge is 1.96. The normalized spacial score (nSPS) is 10.1. The predicted octanol–water partition coefficient (Wildman–Crippen LogP) is 1.00. The lowest BCUT2D eigenvalue weighted by atomic mass is 10.4. The first kappa shape index (κ1) is 16.2. The molecule has 5 nitrogen and oxygen atoms in total. The molecule has 0 aliphatic heterocycles. The zero-order valence-electron chi connectivity index (χ0n) is 11.4. The molecule has 0 radical (unpaired) electrons. The lowest BCUT2D eigenvalue weighted by molar-refractivity contribution is 0.195. The Bertz CT molecular complexity index is 173. The molecule has 0 heterocycles. The average Bonchev–Trinajstić information content (AvgIpc) is 2.35. The molecule has 0 rings (SSSR count). The van der Waals surface area contributed by atoms with Gasteiger partial charge in [0.2, 0.25) is 0 Å². The molecule has 0 aromatic carbocycles. The van der Waals surface area contributed by atoms with Gasteiger partial charge in [0.1, 0.15) is 0 Å². The van der Waals surface area contributed by atoms with E-state index in [1.54, 1.807) is 14.2 Å². The summed E-state index contributed by atoms with van der Waals surface area (Å²) in [5.41, 5.74) is 0. The van der Waals surface area contributed by atoms with E-state index in [1.165, 1.54) is 0 Å². The topological polar surface area (TPSA) is 54.9 Å². The van der Waals surface area contributed by atoms with Crippen LogP contribution >= 0.6 is 0 Å². The Morgan fingerprint density at radius 2 is 1.53 bits per heavy atom. The summed E-state index contributed by atoms with van der Waals surface area (Å²) < 4.78 is 10.0. The van der Waals surface area contributed by atoms with E-state index in [1.807, 2.05) is 0 Å². The molecular weight excluding hydrogens is 218 g/mol. The van der Waals surface area contributed by atoms with Crippen molar-refractivity contribution in [3.8, 4) is 0 Å². The third-order valence-corrected chi connectivity index (χ3v) is 2.13. The lowest BCUT2D eigenvalue weighted by Gasteiger charge is -2.12. The quantitative estimate of drug-likeness (QED) is 0.342. The van der Waals surface area contributed by atoms with E-state index >= 15 is 0 Å². The fraction of sp³-hybridized carbons (Fsp3) is 0.917. The van der Waals surface area contributed by atoms with E-state index < -0.39 is 0 Å². The summed E-state index contributed by atoms with van der Waals surface area (Å²) in [5.74, 6) is 0.888. The number of guanidine groups is 1. The number of aliphatic imine (C=N–C) groups is 1. The highest BCUT2D eigenvalue weighted by atomic mass is 16.5. The summed E-state index contributed by atoms with van der Waals surface area (Å²) >= 11 is 0. The molecule has 5 heteroatoms. The molecule has 0 aliphatic rings. The van der Waals surface area contributed by atoms with E-state index in [9.17, 15) is 0 Å². The second-order valence-corrected chi connectivity index (χ2v) is 3.78. The maximum Gasteiger partial charge on any atom is 0.191 e. The molecule has 102 valence electrons. The Balaban J connectivity index is 3.72. The van der Waals surface area contributed by atoms with Crippen molar-refractivity contribution in [2.45, 2.75) is 26.2 Å². The minimum absolute atomic E-state index is 0.776. The van der Waals surface area contributed by atoms with Gasteiger partial charge >= 0.3 is 0 Å². The summed E-state index contributed by atoms with van der Waals surface area (Å²) in [6.07, 6.45) is 3.03. The Morgan fingerprint density at radius 3 is 1.94 bits per heavy atom. The largest absolute Gasteiger partial charge is 0.385 e. The van der Waals surface area contributed by atoms with Crippen LogP contribution < -0.4 is 10.6 Å². The molecule has 0 spiro atoms. The van der Waals surface area contributed by atoms with Crippen LogP contribution in [-0.4, -0.2) is 53.0 Å². The van der Waals surface area contributed by atoms with Crippen molar-refractivity contribution in [2.24, 2.45) is 4.99 Å². The molecule has 0 atom stereocenters. The monoisotopic (exact) mass is 245 g/mol. The minimum Gasteiger partial charge on any atom is -0.385 e. The van der Waals surface area contributed by atoms with Gasteiger partial charge in [-0.25, -0.2) is 0 Å². The van der Waals surface area contributed by atoms with Gasteiger partial charge in [0, 0.05) is 47.1 Å². The van der Waals surface area contributed by atoms with Crippen molar-refractivity contribution in [3.05, 3.63) is 0 Å². The van der Waals surface area contributed by atoms with Crippen molar-refractivity contribution < 1.29 is 9.47 Å². The first-order valence-electron chi connectivity index (χ1n) is 6.35. The zero-order valence-corrected chi connectivity index (χ0v) is 11.4. The van der Waals surface area contributed by atoms with Gasteiger partial charge in [-0.15, -0.1) is 0 Å². The van der Waals surface area contributed by atoms with Crippen LogP contribution in [0.2, 0.25) is 0 Å². The zero-order chi connectivity index (χ0) is 12.8. The van der Waals surface area contributed by atoms with Crippen molar-refractivity contribution >= 4 is 5.96 Å². The van der Waals surface area contributed by atoms with Gasteiger partial charge in [-0.1, -0.05) is 6.92 Å². The summed E-state index contributed by atoms with van der Waals surface area (Å²) in [6.45, 7) is 6.29. The second-order valence-electron chi connectivity index (χ2n) is 3.78. The number of ether oxygens (including phenoxy) is 2. The van der Waals surface area contributed by atoms with Crippen molar-refractivity contribution in [3.63, 3.8) is 0 Å². The number of hydrogen-bond donors (Lipinski definition) is 2. The number of nitrogens with one attached hydrogen (secondary N) is 2. The van der Waals surface area contributed by atoms with E-state index in [-0.39, 0.29) is 0 Å². The van der Waals surface area contributed by atoms with Gasteiger partial charge in [0.05, 0.1) is 0 Å². The standard InChI is InChI=1S/C12H27N3O2/c1-4-7-13-12(14-8-5-10-16-2)15-9-6-11-17-3/h4-11H2,1-3H3,(H2,13,14,15). The van der Waals surface area contributed by atoms with Crippen molar-refractivity contribution in [1.82, 2.24) is 10.6 Å². The number of methoxy groups -OCH3 is 2. The smallest absolute Gasteiger partial charge is 0.191 e. The van der Waals surface area contributed by atoms with Gasteiger partial charge in [-0.05, 0) is 19.3 Å². The Hall–Kier alpha value is -0.810. The summed E-state index contributed by atoms with van der Waals surface area (Å²) in [6, 6.07) is 0. The van der Waals surface area contributed by atoms with E-state index in [2.05, 4.69) is 22.5 Å². The van der Waals surface area contributed by atoms with Gasteiger partial charge < -0.3 is 20.1 Å². The third-order valence-electron chi connectivity index (χ3n) is 2.13. The molecular formula is C12H27N3O2. The molecule has 0 saturated carbocycles. The maximum atomic E-state index is 5.00. The molecule has 2 N–H and O–H groups in total. The molecule has 0 aliphatic carbocycles. The summed E-state index contributed by atoms with van der Waals surface area (Å²) in [4.78, 5) is 4.45. The van der Waals surface area contributed by atoms with Crippen LogP contribution in [0.1, 0.15) is 26.2 Å². The lowest BCUT2D eigenvalue weighted by Crippen LogP contribution is -2.39. The van der Waals surface area contributed by atoms with Gasteiger partial charge in [0.15, 0.2) is 5.96 Å². The van der Waals surface area contributed by atoms with E-state index in [0.717, 1.165) is 58.1 Å². The average molecular weight is 245 g/mol. The fourth-order valence-corrected chi connectivity index (χ4v) is 1.24. The molecule has 0 unspecified atom stereocenters. The summed E-state index contributed by atoms with van der Waals surface area (Å²) in [7, 11) is 3.43. The van der Waals surface area contributed by atoms with Crippen LogP contribution in [-0.2, 0) is 9.47 Å². The Kier molecular flexibility index (Phi) is 12.6. The highest BCUT2D eigenvalue weighted by Crippen LogP contribution is 1.83.